The van der Waals surface area contributed by atoms with Crippen molar-refractivity contribution in [3.05, 3.63) is 77.9 Å². The molecule has 0 radical (unpaired) electrons. The zero-order valence-corrected chi connectivity index (χ0v) is 11.3. The summed E-state index contributed by atoms with van der Waals surface area (Å²) in [4.78, 5) is 0. The highest BCUT2D eigenvalue weighted by molar-refractivity contribution is 5.96. The minimum absolute atomic E-state index is 1.15. The molecule has 3 aromatic rings. The van der Waals surface area contributed by atoms with Crippen LogP contribution < -0.4 is 0 Å². The Morgan fingerprint density at radius 3 is 2.50 bits per heavy atom. The molecule has 0 saturated heterocycles. The molecule has 0 nitrogen and oxygen atoms in total. The van der Waals surface area contributed by atoms with Gasteiger partial charge in [0.1, 0.15) is 0 Å². The highest BCUT2D eigenvalue weighted by atomic mass is 14.2. The predicted molar refractivity (Wildman–Crippen MR) is 86.7 cm³/mol. The molecule has 0 amide bonds. The highest BCUT2D eigenvalue weighted by Crippen LogP contribution is 2.36. The summed E-state index contributed by atoms with van der Waals surface area (Å²) >= 11 is 0. The fourth-order valence-corrected chi connectivity index (χ4v) is 3.18. The maximum absolute atomic E-state index is 2.33. The first-order chi connectivity index (χ1) is 9.93. The molecule has 0 fully saturated rings. The van der Waals surface area contributed by atoms with Gasteiger partial charge in [-0.15, -0.1) is 0 Å². The second kappa shape index (κ2) is 4.64. The number of hydrogen-bond acceptors (Lipinski definition) is 0. The van der Waals surface area contributed by atoms with E-state index in [1.807, 2.05) is 0 Å². The van der Waals surface area contributed by atoms with Gasteiger partial charge in [0, 0.05) is 0 Å². The van der Waals surface area contributed by atoms with Crippen molar-refractivity contribution in [1.82, 2.24) is 0 Å². The van der Waals surface area contributed by atoms with Gasteiger partial charge in [-0.2, -0.15) is 0 Å². The third-order valence-corrected chi connectivity index (χ3v) is 4.13. The zero-order valence-electron chi connectivity index (χ0n) is 11.3. The molecule has 0 aromatic heterocycles. The lowest BCUT2D eigenvalue weighted by Gasteiger charge is -2.18. The molecule has 0 aliphatic heterocycles. The van der Waals surface area contributed by atoms with Crippen LogP contribution in [0, 0.1) is 0 Å². The van der Waals surface area contributed by atoms with E-state index in [0.717, 1.165) is 12.8 Å². The highest BCUT2D eigenvalue weighted by Gasteiger charge is 2.14. The van der Waals surface area contributed by atoms with Crippen LogP contribution in [0.2, 0.25) is 0 Å². The van der Waals surface area contributed by atoms with Gasteiger partial charge in [-0.3, -0.25) is 0 Å². The summed E-state index contributed by atoms with van der Waals surface area (Å²) in [6, 6.07) is 21.8. The summed E-state index contributed by atoms with van der Waals surface area (Å²) in [5.41, 5.74) is 5.57. The maximum Gasteiger partial charge on any atom is -0.0102 e. The Bertz CT molecular complexity index is 795. The van der Waals surface area contributed by atoms with E-state index in [4.69, 9.17) is 0 Å². The van der Waals surface area contributed by atoms with Gasteiger partial charge >= 0.3 is 0 Å². The van der Waals surface area contributed by atoms with Gasteiger partial charge in [0.05, 0.1) is 0 Å². The summed E-state index contributed by atoms with van der Waals surface area (Å²) in [5.74, 6) is 0. The summed E-state index contributed by atoms with van der Waals surface area (Å²) in [5, 5.41) is 2.76. The van der Waals surface area contributed by atoms with Crippen LogP contribution in [0.25, 0.3) is 28.0 Å². The lowest BCUT2D eigenvalue weighted by Crippen LogP contribution is -1.98. The van der Waals surface area contributed by atoms with Crippen molar-refractivity contribution in [3.63, 3.8) is 0 Å². The first-order valence-electron chi connectivity index (χ1n) is 7.20. The second-order valence-electron chi connectivity index (χ2n) is 5.34. The lowest BCUT2D eigenvalue weighted by molar-refractivity contribution is 0.998. The third kappa shape index (κ3) is 1.77. The number of rotatable bonds is 1. The van der Waals surface area contributed by atoms with Crippen molar-refractivity contribution in [2.75, 3.05) is 0 Å². The molecule has 20 heavy (non-hydrogen) atoms. The Morgan fingerprint density at radius 2 is 1.60 bits per heavy atom. The molecule has 0 saturated carbocycles. The Balaban J connectivity index is 2.09. The van der Waals surface area contributed by atoms with Crippen LogP contribution in [-0.4, -0.2) is 0 Å². The smallest absolute Gasteiger partial charge is 0.0102 e. The average molecular weight is 256 g/mol. The van der Waals surface area contributed by atoms with Crippen molar-refractivity contribution >= 4 is 16.8 Å². The van der Waals surface area contributed by atoms with Crippen molar-refractivity contribution in [3.8, 4) is 11.1 Å². The molecular weight excluding hydrogens is 240 g/mol. The first-order valence-corrected chi connectivity index (χ1v) is 7.20. The van der Waals surface area contributed by atoms with Crippen LogP contribution in [0.5, 0.6) is 0 Å². The van der Waals surface area contributed by atoms with E-state index in [0.29, 0.717) is 0 Å². The van der Waals surface area contributed by atoms with Crippen molar-refractivity contribution in [2.45, 2.75) is 12.8 Å². The topological polar surface area (TPSA) is 0 Å². The van der Waals surface area contributed by atoms with Crippen LogP contribution in [-0.2, 0) is 6.42 Å². The number of benzene rings is 3. The average Bonchev–Trinajstić information content (AvgIpc) is 2.55. The number of fused-ring (bicyclic) bond motifs is 3. The van der Waals surface area contributed by atoms with Crippen LogP contribution in [0.1, 0.15) is 17.5 Å². The van der Waals surface area contributed by atoms with Gasteiger partial charge in [0.25, 0.3) is 0 Å². The van der Waals surface area contributed by atoms with Crippen molar-refractivity contribution in [1.29, 1.82) is 0 Å². The number of aryl methyl sites for hydroxylation is 1. The Morgan fingerprint density at radius 1 is 0.800 bits per heavy atom. The number of hydrogen-bond donors (Lipinski definition) is 0. The van der Waals surface area contributed by atoms with Gasteiger partial charge < -0.3 is 0 Å². The van der Waals surface area contributed by atoms with E-state index >= 15 is 0 Å². The monoisotopic (exact) mass is 256 g/mol. The molecule has 4 rings (SSSR count). The molecule has 96 valence electrons. The van der Waals surface area contributed by atoms with Crippen molar-refractivity contribution < 1.29 is 0 Å². The van der Waals surface area contributed by atoms with Gasteiger partial charge in [-0.25, -0.2) is 0 Å². The Hall–Kier alpha value is -2.34. The molecule has 0 heterocycles. The Kier molecular flexibility index (Phi) is 2.67. The molecule has 0 bridgehead atoms. The molecule has 1 aliphatic rings. The van der Waals surface area contributed by atoms with E-state index in [-0.39, 0.29) is 0 Å². The van der Waals surface area contributed by atoms with Crippen molar-refractivity contribution in [2.24, 2.45) is 0 Å². The summed E-state index contributed by atoms with van der Waals surface area (Å²) in [6.45, 7) is 0. The minimum atomic E-state index is 1.15. The summed E-state index contributed by atoms with van der Waals surface area (Å²) < 4.78 is 0. The fourth-order valence-electron chi connectivity index (χ4n) is 3.18. The summed E-state index contributed by atoms with van der Waals surface area (Å²) in [6.07, 6.45) is 6.89. The van der Waals surface area contributed by atoms with Crippen LogP contribution in [0.4, 0.5) is 0 Å². The fraction of sp³-hybridized carbons (Fsp3) is 0.100. The first kappa shape index (κ1) is 11.5. The third-order valence-electron chi connectivity index (χ3n) is 4.13. The quantitative estimate of drug-likeness (QED) is 0.542. The Labute approximate surface area is 119 Å². The van der Waals surface area contributed by atoms with Crippen LogP contribution in [0.15, 0.2) is 66.7 Å². The van der Waals surface area contributed by atoms with E-state index in [9.17, 15) is 0 Å². The molecule has 3 aromatic carbocycles. The van der Waals surface area contributed by atoms with E-state index in [1.54, 1.807) is 0 Å². The normalized spacial score (nSPS) is 13.4. The van der Waals surface area contributed by atoms with Crippen LogP contribution in [0.3, 0.4) is 0 Å². The molecule has 0 unspecified atom stereocenters. The van der Waals surface area contributed by atoms with E-state index in [1.165, 1.54) is 33.0 Å². The van der Waals surface area contributed by atoms with E-state index in [2.05, 4.69) is 72.8 Å². The molecule has 0 spiro atoms. The molecule has 1 aliphatic carbocycles. The minimum Gasteiger partial charge on any atom is -0.0836 e. The van der Waals surface area contributed by atoms with Gasteiger partial charge in [0.15, 0.2) is 0 Å². The van der Waals surface area contributed by atoms with Crippen LogP contribution >= 0.6 is 0 Å². The van der Waals surface area contributed by atoms with Gasteiger partial charge in [-0.1, -0.05) is 66.7 Å². The molecular formula is C20H16. The maximum atomic E-state index is 2.33. The molecule has 0 heteroatoms. The zero-order chi connectivity index (χ0) is 13.4. The molecule has 0 atom stereocenters. The largest absolute Gasteiger partial charge is 0.0836 e. The predicted octanol–water partition coefficient (Wildman–Crippen LogP) is 5.47. The second-order valence-corrected chi connectivity index (χ2v) is 5.34. The molecule has 0 N–H and O–H groups in total. The standard InChI is InChI=1S/C20H16/c1-2-8-15(9-3-1)20-14-16-10-4-5-11-17(16)18-12-6-7-13-19(18)20/h1-5,7-11,13-14H,6,12H2. The van der Waals surface area contributed by atoms with Gasteiger partial charge in [0.2, 0.25) is 0 Å². The lowest BCUT2D eigenvalue weighted by atomic mass is 9.86. The number of allylic oxidation sites excluding steroid dienone is 1. The summed E-state index contributed by atoms with van der Waals surface area (Å²) in [7, 11) is 0. The van der Waals surface area contributed by atoms with Gasteiger partial charge in [-0.05, 0) is 51.9 Å². The SMILES string of the molecule is C1=Cc2c(-c3ccccc3)cc3ccccc3c2CC1. The van der Waals surface area contributed by atoms with E-state index < -0.39 is 0 Å².